The van der Waals surface area contributed by atoms with Crippen LogP contribution < -0.4 is 0 Å². The van der Waals surface area contributed by atoms with Crippen LogP contribution in [0.15, 0.2) is 35.3 Å². The Morgan fingerprint density at radius 1 is 1.17 bits per heavy atom. The van der Waals surface area contributed by atoms with Crippen molar-refractivity contribution in [1.29, 1.82) is 0 Å². The van der Waals surface area contributed by atoms with Gasteiger partial charge in [-0.2, -0.15) is 0 Å². The Morgan fingerprint density at radius 3 is 2.75 bits per heavy atom. The normalized spacial score (nSPS) is 17.7. The van der Waals surface area contributed by atoms with E-state index < -0.39 is 0 Å². The molecule has 0 N–H and O–H groups in total. The zero-order chi connectivity index (χ0) is 9.10. The molecule has 0 bridgehead atoms. The largest absolute Gasteiger partial charge is 0.258 e. The van der Waals surface area contributed by atoms with E-state index >= 15 is 0 Å². The van der Waals surface area contributed by atoms with E-state index in [1.54, 1.807) is 6.07 Å². The lowest BCUT2D eigenvalue weighted by Gasteiger charge is -1.95. The smallest absolute Gasteiger partial charge is 0.0645 e. The third-order valence-corrected chi connectivity index (χ3v) is 2.15. The Kier molecular flexibility index (Phi) is 1.88. The van der Waals surface area contributed by atoms with Crippen LogP contribution >= 0.6 is 0 Å². The summed E-state index contributed by atoms with van der Waals surface area (Å²) in [5, 5.41) is 0. The first-order chi connectivity index (χ1) is 6.36. The summed E-state index contributed by atoms with van der Waals surface area (Å²) in [4.78, 5) is 4.49. The van der Waals surface area contributed by atoms with E-state index in [1.807, 2.05) is 18.2 Å². The molecule has 1 aliphatic rings. The topological polar surface area (TPSA) is 12.4 Å². The van der Waals surface area contributed by atoms with Gasteiger partial charge in [0.2, 0.25) is 0 Å². The molecule has 62 valence electrons. The van der Waals surface area contributed by atoms with Gasteiger partial charge in [-0.15, -0.1) is 0 Å². The summed E-state index contributed by atoms with van der Waals surface area (Å²) in [5.41, 5.74) is 2.08. The predicted octanol–water partition coefficient (Wildman–Crippen LogP) is 3.33. The molecule has 0 heterocycles. The van der Waals surface area contributed by atoms with Crippen LogP contribution in [0.5, 0.6) is 0 Å². The molecular weight excluding hydrogens is 146 g/mol. The highest BCUT2D eigenvalue weighted by Gasteiger charge is 2.07. The van der Waals surface area contributed by atoms with Gasteiger partial charge in [0.15, 0.2) is 0 Å². The molecule has 1 aromatic rings. The number of aliphatic imine (C=N–C) groups is 1. The fraction of sp³-hybridized carbons (Fsp3) is 0.364. The molecule has 1 fully saturated rings. The molecule has 12 heavy (non-hydrogen) atoms. The Labute approximate surface area is 74.6 Å². The first kappa shape index (κ1) is 6.41. The summed E-state index contributed by atoms with van der Waals surface area (Å²) in [6.07, 6.45) is 4.76. The van der Waals surface area contributed by atoms with Crippen molar-refractivity contribution in [2.75, 3.05) is 0 Å². The number of nitrogens with zero attached hydrogens (tertiary/aromatic N) is 1. The van der Waals surface area contributed by atoms with E-state index in [2.05, 4.69) is 4.99 Å². The van der Waals surface area contributed by atoms with E-state index in [0.717, 1.165) is 18.5 Å². The summed E-state index contributed by atoms with van der Waals surface area (Å²) in [6, 6.07) is 8.04. The predicted molar refractivity (Wildman–Crippen MR) is 52.0 cm³/mol. The molecule has 0 radical (unpaired) electrons. The van der Waals surface area contributed by atoms with E-state index in [9.17, 15) is 0 Å². The van der Waals surface area contributed by atoms with Crippen LogP contribution in [0.2, 0.25) is 0 Å². The maximum Gasteiger partial charge on any atom is 0.0645 e. The fourth-order valence-corrected chi connectivity index (χ4v) is 1.52. The summed E-state index contributed by atoms with van der Waals surface area (Å²) < 4.78 is 7.63. The summed E-state index contributed by atoms with van der Waals surface area (Å²) in [6.45, 7) is 0. The minimum absolute atomic E-state index is 0.530. The van der Waals surface area contributed by atoms with E-state index in [1.165, 1.54) is 18.6 Å². The first-order valence-electron chi connectivity index (χ1n) is 4.98. The number of rotatable bonds is 1. The summed E-state index contributed by atoms with van der Waals surface area (Å²) in [5.74, 6) is 0. The van der Waals surface area contributed by atoms with E-state index in [-0.39, 0.29) is 0 Å². The van der Waals surface area contributed by atoms with Crippen molar-refractivity contribution in [2.24, 2.45) is 4.99 Å². The number of para-hydroxylation sites is 1. The van der Waals surface area contributed by atoms with Crippen LogP contribution in [-0.4, -0.2) is 5.71 Å². The highest BCUT2D eigenvalue weighted by molar-refractivity contribution is 5.88. The molecule has 0 spiro atoms. The highest BCUT2D eigenvalue weighted by atomic mass is 14.7. The Hall–Kier alpha value is -1.11. The van der Waals surface area contributed by atoms with Crippen LogP contribution in [0, 0.1) is 0 Å². The lowest BCUT2D eigenvalue weighted by molar-refractivity contribution is 0.886. The van der Waals surface area contributed by atoms with Gasteiger partial charge in [0.05, 0.1) is 7.06 Å². The van der Waals surface area contributed by atoms with Crippen molar-refractivity contribution < 1.29 is 1.37 Å². The van der Waals surface area contributed by atoms with Crippen molar-refractivity contribution in [3.05, 3.63) is 30.3 Å². The van der Waals surface area contributed by atoms with Crippen molar-refractivity contribution in [2.45, 2.75) is 25.7 Å². The van der Waals surface area contributed by atoms with Crippen molar-refractivity contribution >= 4 is 11.4 Å². The molecule has 1 aliphatic carbocycles. The molecule has 0 amide bonds. The molecule has 0 unspecified atom stereocenters. The van der Waals surface area contributed by atoms with Crippen LogP contribution in [0.4, 0.5) is 5.69 Å². The van der Waals surface area contributed by atoms with Gasteiger partial charge in [-0.05, 0) is 37.8 Å². The van der Waals surface area contributed by atoms with Crippen molar-refractivity contribution in [3.8, 4) is 0 Å². The molecule has 0 aromatic heterocycles. The lowest BCUT2D eigenvalue weighted by atomic mass is 10.3. The second-order valence-electron chi connectivity index (χ2n) is 3.13. The zero-order valence-electron chi connectivity index (χ0n) is 8.09. The Balaban J connectivity index is 2.25. The Bertz CT molecular complexity index is 323. The molecule has 1 heteroatoms. The van der Waals surface area contributed by atoms with Crippen LogP contribution in [-0.2, 0) is 0 Å². The van der Waals surface area contributed by atoms with Gasteiger partial charge in [-0.1, -0.05) is 18.2 Å². The molecule has 1 aromatic carbocycles. The van der Waals surface area contributed by atoms with Gasteiger partial charge < -0.3 is 0 Å². The molecule has 1 saturated carbocycles. The fourth-order valence-electron chi connectivity index (χ4n) is 1.52. The standard InChI is InChI=1S/C11H13N/c1-2-6-10(7-3-1)12-11-8-4-5-9-11/h1-3,6-7H,4-5,8-9H2/i6T. The molecule has 1 nitrogen and oxygen atoms in total. The van der Waals surface area contributed by atoms with Gasteiger partial charge in [0, 0.05) is 5.71 Å². The van der Waals surface area contributed by atoms with Crippen LogP contribution in [0.1, 0.15) is 27.1 Å². The van der Waals surface area contributed by atoms with E-state index in [0.29, 0.717) is 6.04 Å². The second kappa shape index (κ2) is 3.53. The molecule has 2 rings (SSSR count). The zero-order valence-corrected chi connectivity index (χ0v) is 7.09. The van der Waals surface area contributed by atoms with E-state index in [4.69, 9.17) is 1.37 Å². The number of hydrogen-bond donors (Lipinski definition) is 0. The third-order valence-electron chi connectivity index (χ3n) is 2.15. The maximum atomic E-state index is 7.63. The molecule has 0 aliphatic heterocycles. The van der Waals surface area contributed by atoms with Crippen molar-refractivity contribution in [1.82, 2.24) is 0 Å². The van der Waals surface area contributed by atoms with Crippen molar-refractivity contribution in [3.63, 3.8) is 0 Å². The third kappa shape index (κ3) is 1.73. The second-order valence-corrected chi connectivity index (χ2v) is 3.13. The number of hydrogen-bond acceptors (Lipinski definition) is 1. The van der Waals surface area contributed by atoms with Gasteiger partial charge in [-0.3, -0.25) is 4.99 Å². The summed E-state index contributed by atoms with van der Waals surface area (Å²) in [7, 11) is 0. The van der Waals surface area contributed by atoms with Crippen LogP contribution in [0.3, 0.4) is 0 Å². The Morgan fingerprint density at radius 2 is 2.00 bits per heavy atom. The van der Waals surface area contributed by atoms with Gasteiger partial charge in [0.1, 0.15) is 0 Å². The average molecular weight is 161 g/mol. The molecule has 0 saturated heterocycles. The lowest BCUT2D eigenvalue weighted by Crippen LogP contribution is -1.85. The van der Waals surface area contributed by atoms with Gasteiger partial charge >= 0.3 is 0 Å². The van der Waals surface area contributed by atoms with Gasteiger partial charge in [-0.25, -0.2) is 0 Å². The quantitative estimate of drug-likeness (QED) is 0.599. The first-order valence-corrected chi connectivity index (χ1v) is 4.48. The highest BCUT2D eigenvalue weighted by Crippen LogP contribution is 2.19. The van der Waals surface area contributed by atoms with Gasteiger partial charge in [0.25, 0.3) is 0 Å². The summed E-state index contributed by atoms with van der Waals surface area (Å²) >= 11 is 0. The average Bonchev–Trinajstić information content (AvgIpc) is 2.61. The molecular formula is C11H13N. The molecule has 0 atom stereocenters. The number of benzene rings is 1. The van der Waals surface area contributed by atoms with Crippen LogP contribution in [0.25, 0.3) is 0 Å². The monoisotopic (exact) mass is 161 g/mol. The minimum Gasteiger partial charge on any atom is -0.258 e. The minimum atomic E-state index is 0.530. The maximum absolute atomic E-state index is 7.63. The SMILES string of the molecule is [3H]c1ccccc1N=C1CCCC1.